The van der Waals surface area contributed by atoms with E-state index in [1.807, 2.05) is 37.3 Å². The van der Waals surface area contributed by atoms with Crippen molar-refractivity contribution in [3.05, 3.63) is 65.2 Å². The number of nitrogens with one attached hydrogen (secondary N) is 3. The maximum atomic E-state index is 13.0. The first-order valence-corrected chi connectivity index (χ1v) is 8.80. The van der Waals surface area contributed by atoms with Crippen LogP contribution in [0.25, 0.3) is 0 Å². The highest BCUT2D eigenvalue weighted by Gasteiger charge is 2.51. The number of nitrogens with zero attached hydrogens (tertiary/aromatic N) is 1. The van der Waals surface area contributed by atoms with Gasteiger partial charge in [0.25, 0.3) is 5.91 Å². The summed E-state index contributed by atoms with van der Waals surface area (Å²) in [5.74, 6) is -0.406. The number of benzene rings is 2. The molecule has 1 aliphatic heterocycles. The van der Waals surface area contributed by atoms with Gasteiger partial charge in [0.1, 0.15) is 5.54 Å². The molecule has 8 heteroatoms. The highest BCUT2D eigenvalue weighted by molar-refractivity contribution is 7.80. The van der Waals surface area contributed by atoms with Crippen molar-refractivity contribution >= 4 is 46.6 Å². The van der Waals surface area contributed by atoms with Gasteiger partial charge in [0.15, 0.2) is 5.11 Å². The molecule has 3 N–H and O–H groups in total. The molecule has 0 spiro atoms. The van der Waals surface area contributed by atoms with Gasteiger partial charge < -0.3 is 10.6 Å². The predicted octanol–water partition coefficient (Wildman–Crippen LogP) is 3.40. The van der Waals surface area contributed by atoms with Crippen LogP contribution in [0.4, 0.5) is 10.5 Å². The molecule has 0 aromatic heterocycles. The van der Waals surface area contributed by atoms with Crippen LogP contribution in [0.2, 0.25) is 5.02 Å². The monoisotopic (exact) mass is 388 g/mol. The fraction of sp³-hybridized carbons (Fsp3) is 0.167. The number of amides is 3. The number of carbonyl (C=O) groups is 2. The lowest BCUT2D eigenvalue weighted by atomic mass is 9.87. The van der Waals surface area contributed by atoms with Gasteiger partial charge in [-0.3, -0.25) is 10.2 Å². The molecule has 1 heterocycles. The van der Waals surface area contributed by atoms with Gasteiger partial charge in [-0.15, -0.1) is 0 Å². The average molecular weight is 389 g/mol. The Balaban J connectivity index is 1.76. The summed E-state index contributed by atoms with van der Waals surface area (Å²) in [6.45, 7) is 1.85. The van der Waals surface area contributed by atoms with Crippen LogP contribution < -0.4 is 16.1 Å². The molecule has 3 amide bonds. The van der Waals surface area contributed by atoms with Crippen molar-refractivity contribution < 1.29 is 9.59 Å². The van der Waals surface area contributed by atoms with Gasteiger partial charge in [0.2, 0.25) is 0 Å². The van der Waals surface area contributed by atoms with E-state index in [0.29, 0.717) is 17.1 Å². The molecular formula is C18H17ClN4O2S. The second kappa shape index (κ2) is 7.31. The van der Waals surface area contributed by atoms with Crippen LogP contribution >= 0.6 is 23.8 Å². The molecule has 6 nitrogen and oxygen atoms in total. The summed E-state index contributed by atoms with van der Waals surface area (Å²) < 4.78 is 0. The van der Waals surface area contributed by atoms with E-state index in [9.17, 15) is 9.59 Å². The highest BCUT2D eigenvalue weighted by atomic mass is 35.5. The molecular weight excluding hydrogens is 372 g/mol. The summed E-state index contributed by atoms with van der Waals surface area (Å²) in [4.78, 5) is 25.4. The maximum Gasteiger partial charge on any atom is 0.344 e. The number of carbonyl (C=O) groups excluding carboxylic acids is 2. The number of halogens is 1. The van der Waals surface area contributed by atoms with E-state index < -0.39 is 17.5 Å². The SMILES string of the molecule is CC[C@@]1(c2ccccc2)NC(=O)N(NC(=S)Nc2ccc(Cl)cc2)C1=O. The van der Waals surface area contributed by atoms with Gasteiger partial charge in [0.05, 0.1) is 0 Å². The number of thiocarbonyl (C=S) groups is 1. The number of anilines is 1. The van der Waals surface area contributed by atoms with Gasteiger partial charge in [-0.05, 0) is 48.5 Å². The van der Waals surface area contributed by atoms with Crippen LogP contribution in [0.5, 0.6) is 0 Å². The first kappa shape index (κ1) is 18.2. The third kappa shape index (κ3) is 3.36. The van der Waals surface area contributed by atoms with E-state index >= 15 is 0 Å². The van der Waals surface area contributed by atoms with Crippen molar-refractivity contribution in [1.29, 1.82) is 0 Å². The molecule has 0 unspecified atom stereocenters. The standard InChI is InChI=1S/C18H17ClN4O2S/c1-2-18(12-6-4-3-5-7-12)15(24)23(17(25)21-18)22-16(26)20-14-10-8-13(19)9-11-14/h3-11H,2H2,1H3,(H,21,25)(H2,20,22,26)/t18-/m0/s1. The van der Waals surface area contributed by atoms with E-state index in [2.05, 4.69) is 16.1 Å². The lowest BCUT2D eigenvalue weighted by Gasteiger charge is -2.25. The maximum absolute atomic E-state index is 13.0. The fourth-order valence-electron chi connectivity index (χ4n) is 2.83. The zero-order valence-electron chi connectivity index (χ0n) is 14.0. The minimum Gasteiger partial charge on any atom is -0.331 e. The molecule has 1 atom stereocenters. The summed E-state index contributed by atoms with van der Waals surface area (Å²) in [6.07, 6.45) is 0.414. The van der Waals surface area contributed by atoms with Crippen LogP contribution in [0, 0.1) is 0 Å². The number of hydrogen-bond donors (Lipinski definition) is 3. The molecule has 1 aliphatic rings. The second-order valence-electron chi connectivity index (χ2n) is 5.77. The third-order valence-corrected chi connectivity index (χ3v) is 4.65. The largest absolute Gasteiger partial charge is 0.344 e. The van der Waals surface area contributed by atoms with E-state index in [1.165, 1.54) is 0 Å². The van der Waals surface area contributed by atoms with Crippen molar-refractivity contribution in [2.75, 3.05) is 5.32 Å². The molecule has 0 bridgehead atoms. The van der Waals surface area contributed by atoms with Crippen LogP contribution in [0.15, 0.2) is 54.6 Å². The Kier molecular flexibility index (Phi) is 5.11. The smallest absolute Gasteiger partial charge is 0.331 e. The fourth-order valence-corrected chi connectivity index (χ4v) is 3.17. The van der Waals surface area contributed by atoms with Gasteiger partial charge in [-0.25, -0.2) is 4.79 Å². The lowest BCUT2D eigenvalue weighted by Crippen LogP contribution is -2.49. The van der Waals surface area contributed by atoms with Gasteiger partial charge in [-0.2, -0.15) is 5.01 Å². The summed E-state index contributed by atoms with van der Waals surface area (Å²) in [5, 5.41) is 7.31. The number of imide groups is 1. The normalized spacial score (nSPS) is 19.2. The van der Waals surface area contributed by atoms with E-state index in [-0.39, 0.29) is 5.11 Å². The lowest BCUT2D eigenvalue weighted by molar-refractivity contribution is -0.133. The van der Waals surface area contributed by atoms with Crippen molar-refractivity contribution in [3.8, 4) is 0 Å². The van der Waals surface area contributed by atoms with Crippen LogP contribution in [-0.4, -0.2) is 22.1 Å². The number of rotatable bonds is 4. The summed E-state index contributed by atoms with van der Waals surface area (Å²) in [5.41, 5.74) is 2.96. The van der Waals surface area contributed by atoms with E-state index in [4.69, 9.17) is 23.8 Å². The Bertz CT molecular complexity index is 844. The van der Waals surface area contributed by atoms with Crippen molar-refractivity contribution in [2.45, 2.75) is 18.9 Å². The molecule has 0 aliphatic carbocycles. The molecule has 134 valence electrons. The van der Waals surface area contributed by atoms with E-state index in [0.717, 1.165) is 10.6 Å². The minimum absolute atomic E-state index is 0.121. The summed E-state index contributed by atoms with van der Waals surface area (Å²) in [7, 11) is 0. The Morgan fingerprint density at radius 2 is 1.81 bits per heavy atom. The Labute approximate surface area is 161 Å². The average Bonchev–Trinajstić information content (AvgIpc) is 2.89. The quantitative estimate of drug-likeness (QED) is 0.553. The Hall–Kier alpha value is -2.64. The third-order valence-electron chi connectivity index (χ3n) is 4.20. The van der Waals surface area contributed by atoms with Crippen molar-refractivity contribution in [3.63, 3.8) is 0 Å². The molecule has 2 aromatic carbocycles. The molecule has 1 fully saturated rings. The molecule has 0 radical (unpaired) electrons. The zero-order chi connectivity index (χ0) is 18.7. The molecule has 3 rings (SSSR count). The van der Waals surface area contributed by atoms with Crippen LogP contribution in [-0.2, 0) is 10.3 Å². The first-order chi connectivity index (χ1) is 12.5. The highest BCUT2D eigenvalue weighted by Crippen LogP contribution is 2.31. The molecule has 2 aromatic rings. The first-order valence-electron chi connectivity index (χ1n) is 8.01. The molecule has 26 heavy (non-hydrogen) atoms. The number of hydrazine groups is 1. The van der Waals surface area contributed by atoms with Crippen LogP contribution in [0.3, 0.4) is 0 Å². The summed E-state index contributed by atoms with van der Waals surface area (Å²) in [6, 6.07) is 15.5. The van der Waals surface area contributed by atoms with Gasteiger partial charge in [-0.1, -0.05) is 48.9 Å². The molecule has 1 saturated heterocycles. The Morgan fingerprint density at radius 3 is 2.42 bits per heavy atom. The molecule has 0 saturated carbocycles. The van der Waals surface area contributed by atoms with E-state index in [1.54, 1.807) is 24.3 Å². The number of urea groups is 1. The topological polar surface area (TPSA) is 73.5 Å². The van der Waals surface area contributed by atoms with Crippen molar-refractivity contribution in [1.82, 2.24) is 15.8 Å². The van der Waals surface area contributed by atoms with Crippen molar-refractivity contribution in [2.24, 2.45) is 0 Å². The Morgan fingerprint density at radius 1 is 1.15 bits per heavy atom. The summed E-state index contributed by atoms with van der Waals surface area (Å²) >= 11 is 11.1. The zero-order valence-corrected chi connectivity index (χ0v) is 15.5. The second-order valence-corrected chi connectivity index (χ2v) is 6.61. The number of hydrogen-bond acceptors (Lipinski definition) is 3. The van der Waals surface area contributed by atoms with Gasteiger partial charge in [0, 0.05) is 10.7 Å². The van der Waals surface area contributed by atoms with Gasteiger partial charge >= 0.3 is 6.03 Å². The van der Waals surface area contributed by atoms with Crippen LogP contribution in [0.1, 0.15) is 18.9 Å². The predicted molar refractivity (Wildman–Crippen MR) is 105 cm³/mol. The minimum atomic E-state index is -1.11.